The van der Waals surface area contributed by atoms with Crippen molar-refractivity contribution in [2.45, 2.75) is 26.7 Å². The van der Waals surface area contributed by atoms with Gasteiger partial charge in [-0.25, -0.2) is 0 Å². The Hall–Kier alpha value is -0.260. The molecule has 0 aliphatic carbocycles. The Labute approximate surface area is 124 Å². The van der Waals surface area contributed by atoms with Gasteiger partial charge in [0.25, 0.3) is 0 Å². The number of carbonyl (C=O) groups is 1. The highest BCUT2D eigenvalue weighted by Crippen LogP contribution is 2.23. The van der Waals surface area contributed by atoms with Crippen LogP contribution in [0.15, 0.2) is 0 Å². The summed E-state index contributed by atoms with van der Waals surface area (Å²) in [4.78, 5) is 16.8. The van der Waals surface area contributed by atoms with Crippen molar-refractivity contribution in [3.8, 4) is 0 Å². The molecule has 1 aliphatic rings. The SMILES string of the molecule is [3H]C(S)CCOC(=O)C(C)(C)CCN1CCN(C)CC1. The maximum atomic E-state index is 12.0. The van der Waals surface area contributed by atoms with E-state index in [0.29, 0.717) is 6.42 Å². The normalized spacial score (nSPS) is 20.9. The minimum absolute atomic E-state index is 0.166. The number of likely N-dealkylation sites (N-methyl/N-ethyl adjacent to an activating group) is 1. The molecule has 0 aromatic rings. The highest BCUT2D eigenvalue weighted by Gasteiger charge is 2.30. The summed E-state index contributed by atoms with van der Waals surface area (Å²) >= 11 is 3.96. The summed E-state index contributed by atoms with van der Waals surface area (Å²) in [6, 6.07) is 0. The fraction of sp³-hybridized carbons (Fsp3) is 0.929. The van der Waals surface area contributed by atoms with Crippen molar-refractivity contribution in [2.75, 3.05) is 52.1 Å². The first kappa shape index (κ1) is 15.1. The fourth-order valence-electron chi connectivity index (χ4n) is 2.01. The van der Waals surface area contributed by atoms with Crippen molar-refractivity contribution in [2.24, 2.45) is 5.41 Å². The minimum Gasteiger partial charge on any atom is -0.465 e. The zero-order valence-electron chi connectivity index (χ0n) is 13.4. The summed E-state index contributed by atoms with van der Waals surface area (Å²) in [5.74, 6) is -0.166. The van der Waals surface area contributed by atoms with E-state index < -0.39 is 11.1 Å². The molecule has 0 saturated carbocycles. The first-order valence-electron chi connectivity index (χ1n) is 7.57. The molecular formula is C14H28N2O2S. The third-order valence-electron chi connectivity index (χ3n) is 3.68. The molecule has 1 heterocycles. The van der Waals surface area contributed by atoms with Crippen molar-refractivity contribution in [1.82, 2.24) is 9.80 Å². The average molecular weight is 290 g/mol. The molecule has 0 N–H and O–H groups in total. The van der Waals surface area contributed by atoms with Gasteiger partial charge in [0.2, 0.25) is 0 Å². The van der Waals surface area contributed by atoms with Crippen LogP contribution in [0, 0.1) is 5.41 Å². The molecule has 112 valence electrons. The van der Waals surface area contributed by atoms with Crippen molar-refractivity contribution in [3.63, 3.8) is 0 Å². The van der Waals surface area contributed by atoms with E-state index in [4.69, 9.17) is 6.11 Å². The monoisotopic (exact) mass is 290 g/mol. The maximum Gasteiger partial charge on any atom is 0.311 e. The van der Waals surface area contributed by atoms with E-state index in [1.165, 1.54) is 0 Å². The van der Waals surface area contributed by atoms with Gasteiger partial charge in [-0.15, -0.1) is 0 Å². The second-order valence-corrected chi connectivity index (χ2v) is 6.25. The van der Waals surface area contributed by atoms with Crippen LogP contribution in [0.1, 0.15) is 28.1 Å². The van der Waals surface area contributed by atoms with Crippen LogP contribution >= 0.6 is 12.6 Å². The van der Waals surface area contributed by atoms with Crippen LogP contribution < -0.4 is 0 Å². The van der Waals surface area contributed by atoms with E-state index in [2.05, 4.69) is 29.5 Å². The summed E-state index contributed by atoms with van der Waals surface area (Å²) in [6.07, 6.45) is 1.28. The summed E-state index contributed by atoms with van der Waals surface area (Å²) in [6.45, 7) is 9.42. The van der Waals surface area contributed by atoms with Crippen LogP contribution in [0.3, 0.4) is 0 Å². The average Bonchev–Trinajstić information content (AvgIpc) is 2.37. The van der Waals surface area contributed by atoms with Crippen LogP contribution in [0.4, 0.5) is 0 Å². The van der Waals surface area contributed by atoms with Gasteiger partial charge in [0, 0.05) is 27.5 Å². The Kier molecular flexibility index (Phi) is 6.47. The second kappa shape index (κ2) is 8.12. The van der Waals surface area contributed by atoms with E-state index in [-0.39, 0.29) is 12.6 Å². The van der Waals surface area contributed by atoms with Crippen molar-refractivity contribution >= 4 is 18.6 Å². The van der Waals surface area contributed by atoms with Crippen molar-refractivity contribution < 1.29 is 10.9 Å². The Morgan fingerprint density at radius 1 is 1.37 bits per heavy atom. The lowest BCUT2D eigenvalue weighted by molar-refractivity contribution is -0.154. The number of piperazine rings is 1. The molecule has 1 saturated heterocycles. The number of ether oxygens (including phenoxy) is 1. The summed E-state index contributed by atoms with van der Waals surface area (Å²) in [5, 5.41) is 0. The van der Waals surface area contributed by atoms with Gasteiger partial charge >= 0.3 is 5.97 Å². The molecule has 0 bridgehead atoms. The lowest BCUT2D eigenvalue weighted by atomic mass is 9.89. The molecule has 1 aliphatic heterocycles. The van der Waals surface area contributed by atoms with Crippen LogP contribution in [-0.4, -0.2) is 67.9 Å². The van der Waals surface area contributed by atoms with E-state index >= 15 is 0 Å². The second-order valence-electron chi connectivity index (χ2n) is 5.89. The number of esters is 1. The number of hydrogen-bond donors (Lipinski definition) is 1. The lowest BCUT2D eigenvalue weighted by Crippen LogP contribution is -2.45. The summed E-state index contributed by atoms with van der Waals surface area (Å²) in [5.41, 5.74) is -0.937. The van der Waals surface area contributed by atoms with Crippen molar-refractivity contribution in [1.29, 1.82) is 0 Å². The third kappa shape index (κ3) is 6.15. The molecule has 19 heavy (non-hydrogen) atoms. The molecule has 5 heteroatoms. The molecule has 1 rings (SSSR count). The number of rotatable bonds is 7. The Balaban J connectivity index is 2.27. The fourth-order valence-corrected chi connectivity index (χ4v) is 2.12. The van der Waals surface area contributed by atoms with Crippen LogP contribution in [0.2, 0.25) is 0 Å². The molecule has 4 nitrogen and oxygen atoms in total. The van der Waals surface area contributed by atoms with E-state index in [1.54, 1.807) is 0 Å². The molecular weight excluding hydrogens is 260 g/mol. The molecule has 1 atom stereocenters. The minimum atomic E-state index is -0.476. The van der Waals surface area contributed by atoms with Crippen molar-refractivity contribution in [3.05, 3.63) is 0 Å². The van der Waals surface area contributed by atoms with Gasteiger partial charge in [0.05, 0.1) is 12.0 Å². The highest BCUT2D eigenvalue weighted by molar-refractivity contribution is 7.80. The maximum absolute atomic E-state index is 12.0. The predicted octanol–water partition coefficient (Wildman–Crippen LogP) is 1.51. The van der Waals surface area contributed by atoms with Gasteiger partial charge in [-0.2, -0.15) is 12.6 Å². The van der Waals surface area contributed by atoms with Crippen LogP contribution in [0.25, 0.3) is 0 Å². The highest BCUT2D eigenvalue weighted by atomic mass is 32.1. The van der Waals surface area contributed by atoms with Gasteiger partial charge in [0.1, 0.15) is 0 Å². The standard InChI is InChI=1S/C14H28N2O2S/c1-14(2,13(17)18-11-4-12-19)5-6-16-9-7-15(3)8-10-16/h19H,4-12H2,1-3H3/i12T. The Bertz CT molecular complexity index is 306. The first-order valence-corrected chi connectivity index (χ1v) is 7.51. The van der Waals surface area contributed by atoms with Gasteiger partial charge < -0.3 is 14.5 Å². The Morgan fingerprint density at radius 3 is 2.58 bits per heavy atom. The topological polar surface area (TPSA) is 32.8 Å². The zero-order chi connectivity index (χ0) is 15.2. The first-order chi connectivity index (χ1) is 9.31. The molecule has 0 spiro atoms. The molecule has 1 fully saturated rings. The van der Waals surface area contributed by atoms with E-state index in [0.717, 1.165) is 39.1 Å². The van der Waals surface area contributed by atoms with Gasteiger partial charge in [-0.1, -0.05) is 0 Å². The zero-order valence-corrected chi connectivity index (χ0v) is 13.3. The van der Waals surface area contributed by atoms with Gasteiger partial charge in [-0.3, -0.25) is 4.79 Å². The molecule has 0 aromatic carbocycles. The predicted molar refractivity (Wildman–Crippen MR) is 81.8 cm³/mol. The summed E-state index contributed by atoms with van der Waals surface area (Å²) < 4.78 is 12.5. The largest absolute Gasteiger partial charge is 0.465 e. The number of hydrogen-bond acceptors (Lipinski definition) is 5. The number of nitrogens with zero attached hydrogens (tertiary/aromatic N) is 2. The molecule has 0 aromatic heterocycles. The summed E-state index contributed by atoms with van der Waals surface area (Å²) in [7, 11) is 2.14. The quantitative estimate of drug-likeness (QED) is 0.569. The van der Waals surface area contributed by atoms with E-state index in [1.807, 2.05) is 13.8 Å². The van der Waals surface area contributed by atoms with E-state index in [9.17, 15) is 4.79 Å². The number of carbonyl (C=O) groups excluding carboxylic acids is 1. The molecule has 0 radical (unpaired) electrons. The lowest BCUT2D eigenvalue weighted by Gasteiger charge is -2.34. The van der Waals surface area contributed by atoms with Crippen LogP contribution in [-0.2, 0) is 9.53 Å². The smallest absolute Gasteiger partial charge is 0.311 e. The third-order valence-corrected chi connectivity index (χ3v) is 3.94. The number of thiol groups is 1. The van der Waals surface area contributed by atoms with Gasteiger partial charge in [0.15, 0.2) is 0 Å². The van der Waals surface area contributed by atoms with Gasteiger partial charge in [-0.05, 0) is 46.0 Å². The molecule has 1 unspecified atom stereocenters. The van der Waals surface area contributed by atoms with Crippen LogP contribution in [0.5, 0.6) is 0 Å². The molecule has 0 amide bonds. The Morgan fingerprint density at radius 2 is 2.00 bits per heavy atom.